The molecule has 1 fully saturated rings. The number of benzene rings is 1. The van der Waals surface area contributed by atoms with Gasteiger partial charge in [0, 0.05) is 24.2 Å². The van der Waals surface area contributed by atoms with Crippen molar-refractivity contribution in [2.75, 3.05) is 18.4 Å². The smallest absolute Gasteiger partial charge is 0.265 e. The van der Waals surface area contributed by atoms with E-state index in [4.69, 9.17) is 0 Å². The molecule has 1 aromatic carbocycles. The molecule has 1 unspecified atom stereocenters. The van der Waals surface area contributed by atoms with Crippen molar-refractivity contribution in [3.8, 4) is 0 Å². The second-order valence-corrected chi connectivity index (χ2v) is 9.38. The number of anilines is 1. The maximum Gasteiger partial charge on any atom is 0.265 e. The van der Waals surface area contributed by atoms with Crippen LogP contribution in [0.25, 0.3) is 0 Å². The molecule has 134 valence electrons. The van der Waals surface area contributed by atoms with Crippen molar-refractivity contribution in [1.82, 2.24) is 4.31 Å². The summed E-state index contributed by atoms with van der Waals surface area (Å²) < 4.78 is 27.1. The Kier molecular flexibility index (Phi) is 5.27. The fraction of sp³-hybridized carbons (Fsp3) is 0.389. The van der Waals surface area contributed by atoms with E-state index in [9.17, 15) is 13.2 Å². The van der Waals surface area contributed by atoms with Gasteiger partial charge in [0.1, 0.15) is 0 Å². The number of aryl methyl sites for hydroxylation is 1. The molecule has 0 saturated carbocycles. The molecule has 25 heavy (non-hydrogen) atoms. The predicted molar refractivity (Wildman–Crippen MR) is 101 cm³/mol. The van der Waals surface area contributed by atoms with Crippen molar-refractivity contribution >= 4 is 33.0 Å². The lowest BCUT2D eigenvalue weighted by Crippen LogP contribution is -2.38. The second-order valence-electron chi connectivity index (χ2n) is 6.53. The van der Waals surface area contributed by atoms with Gasteiger partial charge in [0.25, 0.3) is 5.91 Å². The maximum absolute atomic E-state index is 12.8. The van der Waals surface area contributed by atoms with Crippen LogP contribution in [0.4, 0.5) is 5.69 Å². The van der Waals surface area contributed by atoms with Crippen LogP contribution in [-0.4, -0.2) is 31.7 Å². The summed E-state index contributed by atoms with van der Waals surface area (Å²) in [5, 5.41) is 4.40. The Hall–Kier alpha value is -1.70. The minimum Gasteiger partial charge on any atom is -0.321 e. The lowest BCUT2D eigenvalue weighted by atomic mass is 10.0. The summed E-state index contributed by atoms with van der Waals surface area (Å²) in [6.07, 6.45) is 1.94. The molecule has 1 atom stereocenters. The molecule has 5 nitrogen and oxygen atoms in total. The van der Waals surface area contributed by atoms with Crippen LogP contribution in [0.5, 0.6) is 0 Å². The highest BCUT2D eigenvalue weighted by atomic mass is 32.2. The number of hydrogen-bond donors (Lipinski definition) is 1. The molecule has 0 radical (unpaired) electrons. The van der Waals surface area contributed by atoms with Crippen LogP contribution in [0.2, 0.25) is 0 Å². The van der Waals surface area contributed by atoms with Crippen molar-refractivity contribution in [2.45, 2.75) is 31.6 Å². The lowest BCUT2D eigenvalue weighted by molar-refractivity contribution is 0.103. The lowest BCUT2D eigenvalue weighted by Gasteiger charge is -2.29. The van der Waals surface area contributed by atoms with E-state index in [0.717, 1.165) is 35.4 Å². The third-order valence-corrected chi connectivity index (χ3v) is 7.37. The summed E-state index contributed by atoms with van der Waals surface area (Å²) in [7, 11) is -3.52. The molecule has 0 spiro atoms. The highest BCUT2D eigenvalue weighted by molar-refractivity contribution is 7.89. The Balaban J connectivity index is 1.77. The van der Waals surface area contributed by atoms with Gasteiger partial charge in [-0.3, -0.25) is 4.79 Å². The van der Waals surface area contributed by atoms with E-state index in [-0.39, 0.29) is 10.8 Å². The topological polar surface area (TPSA) is 66.5 Å². The number of carbonyl (C=O) groups is 1. The number of hydrogen-bond acceptors (Lipinski definition) is 4. The number of nitrogens with one attached hydrogen (secondary N) is 1. The van der Waals surface area contributed by atoms with Gasteiger partial charge in [-0.05, 0) is 43.4 Å². The standard InChI is InChI=1S/C18H22N2O3S2/c1-13-6-5-9-20(11-13)25(22,23)15-10-17(24-12-15)18(21)19-16-8-4-3-7-14(16)2/h3-4,7-8,10,12-13H,5-6,9,11H2,1-2H3,(H,19,21). The van der Waals surface area contributed by atoms with Gasteiger partial charge in [0.15, 0.2) is 0 Å². The monoisotopic (exact) mass is 378 g/mol. The predicted octanol–water partition coefficient (Wildman–Crippen LogP) is 3.73. The number of rotatable bonds is 4. The van der Waals surface area contributed by atoms with Gasteiger partial charge >= 0.3 is 0 Å². The number of sulfonamides is 1. The molecule has 1 aliphatic rings. The summed E-state index contributed by atoms with van der Waals surface area (Å²) in [5.41, 5.74) is 1.69. The summed E-state index contributed by atoms with van der Waals surface area (Å²) in [5.74, 6) is 0.0822. The molecular weight excluding hydrogens is 356 g/mol. The van der Waals surface area contributed by atoms with Crippen LogP contribution in [0.3, 0.4) is 0 Å². The first-order valence-corrected chi connectivity index (χ1v) is 10.7. The fourth-order valence-electron chi connectivity index (χ4n) is 2.98. The fourth-order valence-corrected chi connectivity index (χ4v) is 5.74. The summed E-state index contributed by atoms with van der Waals surface area (Å²) >= 11 is 1.16. The van der Waals surface area contributed by atoms with Gasteiger partial charge in [-0.25, -0.2) is 8.42 Å². The third-order valence-electron chi connectivity index (χ3n) is 4.45. The van der Waals surface area contributed by atoms with Crippen molar-refractivity contribution in [3.63, 3.8) is 0 Å². The Morgan fingerprint density at radius 1 is 1.32 bits per heavy atom. The van der Waals surface area contributed by atoms with E-state index >= 15 is 0 Å². The molecule has 2 heterocycles. The highest BCUT2D eigenvalue weighted by Crippen LogP contribution is 2.27. The van der Waals surface area contributed by atoms with Crippen molar-refractivity contribution in [2.24, 2.45) is 5.92 Å². The third kappa shape index (κ3) is 3.94. The molecule has 1 saturated heterocycles. The number of para-hydroxylation sites is 1. The molecule has 1 amide bonds. The van der Waals surface area contributed by atoms with Gasteiger partial charge in [-0.2, -0.15) is 4.31 Å². The summed E-state index contributed by atoms with van der Waals surface area (Å²) in [4.78, 5) is 13.0. The average Bonchev–Trinajstić information content (AvgIpc) is 3.08. The first-order chi connectivity index (χ1) is 11.9. The molecule has 1 N–H and O–H groups in total. The maximum atomic E-state index is 12.8. The van der Waals surface area contributed by atoms with Crippen LogP contribution >= 0.6 is 11.3 Å². The largest absolute Gasteiger partial charge is 0.321 e. The van der Waals surface area contributed by atoms with Crippen molar-refractivity contribution in [3.05, 3.63) is 46.2 Å². The zero-order valence-electron chi connectivity index (χ0n) is 14.4. The first kappa shape index (κ1) is 18.1. The molecule has 7 heteroatoms. The van der Waals surface area contributed by atoms with Crippen LogP contribution < -0.4 is 5.32 Å². The van der Waals surface area contributed by atoms with E-state index in [0.29, 0.717) is 23.9 Å². The molecular formula is C18H22N2O3S2. The molecule has 1 aliphatic heterocycles. The molecule has 1 aromatic heterocycles. The zero-order chi connectivity index (χ0) is 18.0. The average molecular weight is 379 g/mol. The van der Waals surface area contributed by atoms with Crippen LogP contribution in [0.15, 0.2) is 40.6 Å². The Bertz CT molecular complexity index is 874. The first-order valence-electron chi connectivity index (χ1n) is 8.33. The van der Waals surface area contributed by atoms with Gasteiger partial charge in [-0.1, -0.05) is 25.1 Å². The second kappa shape index (κ2) is 7.27. The molecule has 0 bridgehead atoms. The Morgan fingerprint density at radius 3 is 2.80 bits per heavy atom. The molecule has 2 aromatic rings. The van der Waals surface area contributed by atoms with Gasteiger partial charge in [-0.15, -0.1) is 11.3 Å². The van der Waals surface area contributed by atoms with Crippen molar-refractivity contribution < 1.29 is 13.2 Å². The van der Waals surface area contributed by atoms with Gasteiger partial charge < -0.3 is 5.32 Å². The van der Waals surface area contributed by atoms with E-state index < -0.39 is 10.0 Å². The van der Waals surface area contributed by atoms with Crippen molar-refractivity contribution in [1.29, 1.82) is 0 Å². The summed E-state index contributed by atoms with van der Waals surface area (Å²) in [6.45, 7) is 5.07. The van der Waals surface area contributed by atoms with E-state index in [2.05, 4.69) is 12.2 Å². The number of amides is 1. The molecule has 3 rings (SSSR count). The minimum atomic E-state index is -3.52. The Morgan fingerprint density at radius 2 is 2.08 bits per heavy atom. The number of piperidine rings is 1. The van der Waals surface area contributed by atoms with Crippen LogP contribution in [0.1, 0.15) is 35.0 Å². The van der Waals surface area contributed by atoms with E-state index in [1.807, 2.05) is 31.2 Å². The summed E-state index contributed by atoms with van der Waals surface area (Å²) in [6, 6.07) is 8.98. The van der Waals surface area contributed by atoms with Crippen LogP contribution in [0, 0.1) is 12.8 Å². The van der Waals surface area contributed by atoms with Gasteiger partial charge in [0.05, 0.1) is 9.77 Å². The normalized spacial score (nSPS) is 18.9. The van der Waals surface area contributed by atoms with Gasteiger partial charge in [0.2, 0.25) is 10.0 Å². The highest BCUT2D eigenvalue weighted by Gasteiger charge is 2.30. The van der Waals surface area contributed by atoms with E-state index in [1.165, 1.54) is 10.4 Å². The Labute approximate surface area is 152 Å². The number of nitrogens with zero attached hydrogens (tertiary/aromatic N) is 1. The SMILES string of the molecule is Cc1ccccc1NC(=O)c1cc(S(=O)(=O)N2CCCC(C)C2)cs1. The minimum absolute atomic E-state index is 0.210. The molecule has 0 aliphatic carbocycles. The number of thiophene rings is 1. The quantitative estimate of drug-likeness (QED) is 0.881. The van der Waals surface area contributed by atoms with E-state index in [1.54, 1.807) is 5.38 Å². The van der Waals surface area contributed by atoms with Crippen LogP contribution in [-0.2, 0) is 10.0 Å². The zero-order valence-corrected chi connectivity index (χ0v) is 16.0. The number of carbonyl (C=O) groups excluding carboxylic acids is 1.